The van der Waals surface area contributed by atoms with Gasteiger partial charge in [0.15, 0.2) is 0 Å². The van der Waals surface area contributed by atoms with Crippen LogP contribution < -0.4 is 0 Å². The summed E-state index contributed by atoms with van der Waals surface area (Å²) in [6.07, 6.45) is 0. The second-order valence-corrected chi connectivity index (χ2v) is 4.54. The maximum absolute atomic E-state index is 12.3. The lowest BCUT2D eigenvalue weighted by Gasteiger charge is -2.33. The molecule has 1 aliphatic rings. The number of benzene rings is 1. The fraction of sp³-hybridized carbons (Fsp3) is 0.429. The van der Waals surface area contributed by atoms with Gasteiger partial charge in [0.1, 0.15) is 0 Å². The lowest BCUT2D eigenvalue weighted by Crippen LogP contribution is -2.48. The zero-order chi connectivity index (χ0) is 13.0. The van der Waals surface area contributed by atoms with Crippen molar-refractivity contribution in [3.63, 3.8) is 0 Å². The predicted molar refractivity (Wildman–Crippen MR) is 69.1 cm³/mol. The molecule has 0 saturated carbocycles. The van der Waals surface area contributed by atoms with Crippen LogP contribution in [-0.4, -0.2) is 48.4 Å². The van der Waals surface area contributed by atoms with Gasteiger partial charge in [-0.25, -0.2) is 0 Å². The van der Waals surface area contributed by atoms with Gasteiger partial charge in [0, 0.05) is 31.7 Å². The molecule has 2 rings (SSSR count). The zero-order valence-corrected chi connectivity index (χ0v) is 10.6. The van der Waals surface area contributed by atoms with Crippen molar-refractivity contribution < 1.29 is 4.79 Å². The number of rotatable bonds is 2. The van der Waals surface area contributed by atoms with Crippen LogP contribution in [0.15, 0.2) is 24.3 Å². The van der Waals surface area contributed by atoms with Gasteiger partial charge in [-0.15, -0.1) is 0 Å². The molecular formula is C14H17N3O. The van der Waals surface area contributed by atoms with E-state index in [9.17, 15) is 4.79 Å². The maximum Gasteiger partial charge on any atom is 0.254 e. The molecule has 0 aliphatic carbocycles. The zero-order valence-electron chi connectivity index (χ0n) is 10.6. The summed E-state index contributed by atoms with van der Waals surface area (Å²) in [5.74, 6) is 0.102. The van der Waals surface area contributed by atoms with E-state index in [0.29, 0.717) is 19.6 Å². The smallest absolute Gasteiger partial charge is 0.254 e. The summed E-state index contributed by atoms with van der Waals surface area (Å²) in [4.78, 5) is 16.3. The number of hydrogen-bond acceptors (Lipinski definition) is 3. The van der Waals surface area contributed by atoms with Gasteiger partial charge in [0.2, 0.25) is 0 Å². The van der Waals surface area contributed by atoms with Crippen molar-refractivity contribution in [1.82, 2.24) is 9.80 Å². The van der Waals surface area contributed by atoms with E-state index in [-0.39, 0.29) is 5.91 Å². The highest BCUT2D eigenvalue weighted by Gasteiger charge is 2.22. The molecule has 4 heteroatoms. The molecule has 0 radical (unpaired) electrons. The average molecular weight is 243 g/mol. The number of nitrogens with zero attached hydrogens (tertiary/aromatic N) is 3. The predicted octanol–water partition coefficient (Wildman–Crippen LogP) is 1.28. The van der Waals surface area contributed by atoms with Crippen LogP contribution in [0, 0.1) is 18.3 Å². The number of amides is 1. The first-order valence-corrected chi connectivity index (χ1v) is 6.16. The van der Waals surface area contributed by atoms with E-state index in [1.165, 1.54) is 0 Å². The summed E-state index contributed by atoms with van der Waals surface area (Å²) in [5.41, 5.74) is 1.80. The minimum atomic E-state index is 0.102. The molecule has 1 fully saturated rings. The Labute approximate surface area is 107 Å². The third-order valence-electron chi connectivity index (χ3n) is 3.33. The Balaban J connectivity index is 2.00. The summed E-state index contributed by atoms with van der Waals surface area (Å²) in [7, 11) is 0. The fourth-order valence-corrected chi connectivity index (χ4v) is 2.19. The van der Waals surface area contributed by atoms with Gasteiger partial charge in [0.05, 0.1) is 12.6 Å². The van der Waals surface area contributed by atoms with Crippen molar-refractivity contribution in [3.05, 3.63) is 35.4 Å². The lowest BCUT2D eigenvalue weighted by molar-refractivity contribution is 0.0651. The van der Waals surface area contributed by atoms with Crippen molar-refractivity contribution in [2.24, 2.45) is 0 Å². The van der Waals surface area contributed by atoms with Gasteiger partial charge >= 0.3 is 0 Å². The van der Waals surface area contributed by atoms with Crippen molar-refractivity contribution >= 4 is 5.91 Å². The largest absolute Gasteiger partial charge is 0.336 e. The minimum absolute atomic E-state index is 0.102. The molecule has 18 heavy (non-hydrogen) atoms. The highest BCUT2D eigenvalue weighted by atomic mass is 16.2. The summed E-state index contributed by atoms with van der Waals surface area (Å²) in [6.45, 7) is 5.38. The molecule has 1 heterocycles. The van der Waals surface area contributed by atoms with Crippen molar-refractivity contribution in [2.75, 3.05) is 32.7 Å². The van der Waals surface area contributed by atoms with Gasteiger partial charge in [-0.2, -0.15) is 5.26 Å². The summed E-state index contributed by atoms with van der Waals surface area (Å²) < 4.78 is 0. The number of carbonyl (C=O) groups is 1. The quantitative estimate of drug-likeness (QED) is 0.735. The normalized spacial score (nSPS) is 16.3. The Hall–Kier alpha value is -1.86. The van der Waals surface area contributed by atoms with E-state index in [1.807, 2.05) is 36.1 Å². The first-order chi connectivity index (χ1) is 8.72. The van der Waals surface area contributed by atoms with E-state index in [1.54, 1.807) is 0 Å². The van der Waals surface area contributed by atoms with Crippen LogP contribution in [0.25, 0.3) is 0 Å². The third-order valence-corrected chi connectivity index (χ3v) is 3.33. The molecule has 94 valence electrons. The molecule has 0 aromatic heterocycles. The van der Waals surface area contributed by atoms with Crippen LogP contribution in [0.5, 0.6) is 0 Å². The molecular weight excluding hydrogens is 226 g/mol. The summed E-state index contributed by atoms with van der Waals surface area (Å²) in [5, 5.41) is 8.64. The highest BCUT2D eigenvalue weighted by Crippen LogP contribution is 2.12. The molecule has 0 bridgehead atoms. The average Bonchev–Trinajstić information content (AvgIpc) is 2.40. The molecule has 0 spiro atoms. The molecule has 1 amide bonds. The van der Waals surface area contributed by atoms with E-state index < -0.39 is 0 Å². The molecule has 0 atom stereocenters. The van der Waals surface area contributed by atoms with E-state index in [2.05, 4.69) is 11.0 Å². The lowest BCUT2D eigenvalue weighted by atomic mass is 10.1. The number of nitriles is 1. The van der Waals surface area contributed by atoms with E-state index in [4.69, 9.17) is 5.26 Å². The number of piperazine rings is 1. The minimum Gasteiger partial charge on any atom is -0.336 e. The topological polar surface area (TPSA) is 47.3 Å². The first-order valence-electron chi connectivity index (χ1n) is 6.16. The molecule has 1 aromatic rings. The van der Waals surface area contributed by atoms with Gasteiger partial charge in [-0.05, 0) is 18.6 Å². The van der Waals surface area contributed by atoms with Crippen molar-refractivity contribution in [3.8, 4) is 6.07 Å². The monoisotopic (exact) mass is 243 g/mol. The van der Waals surface area contributed by atoms with Crippen LogP contribution in [0.4, 0.5) is 0 Å². The van der Waals surface area contributed by atoms with Gasteiger partial charge in [0.25, 0.3) is 5.91 Å². The third kappa shape index (κ3) is 2.69. The second kappa shape index (κ2) is 5.65. The number of aryl methyl sites for hydroxylation is 1. The molecule has 1 aromatic carbocycles. The number of hydrogen-bond donors (Lipinski definition) is 0. The first kappa shape index (κ1) is 12.6. The van der Waals surface area contributed by atoms with E-state index >= 15 is 0 Å². The Kier molecular flexibility index (Phi) is 3.96. The van der Waals surface area contributed by atoms with Gasteiger partial charge in [-0.3, -0.25) is 9.69 Å². The SMILES string of the molecule is Cc1ccccc1C(=O)N1CCN(CC#N)CC1. The van der Waals surface area contributed by atoms with Gasteiger partial charge < -0.3 is 4.90 Å². The number of carbonyl (C=O) groups excluding carboxylic acids is 1. The molecule has 0 N–H and O–H groups in total. The molecule has 1 saturated heterocycles. The Morgan fingerprint density at radius 1 is 1.28 bits per heavy atom. The highest BCUT2D eigenvalue weighted by molar-refractivity contribution is 5.95. The summed E-state index contributed by atoms with van der Waals surface area (Å²) >= 11 is 0. The molecule has 1 aliphatic heterocycles. The maximum atomic E-state index is 12.3. The Bertz CT molecular complexity index is 470. The van der Waals surface area contributed by atoms with Gasteiger partial charge in [-0.1, -0.05) is 18.2 Å². The van der Waals surface area contributed by atoms with Crippen LogP contribution in [0.3, 0.4) is 0 Å². The van der Waals surface area contributed by atoms with Crippen LogP contribution in [0.1, 0.15) is 15.9 Å². The van der Waals surface area contributed by atoms with Crippen LogP contribution >= 0.6 is 0 Å². The Morgan fingerprint density at radius 2 is 1.94 bits per heavy atom. The molecule has 4 nitrogen and oxygen atoms in total. The van der Waals surface area contributed by atoms with E-state index in [0.717, 1.165) is 24.2 Å². The standard InChI is InChI=1S/C14H17N3O/c1-12-4-2-3-5-13(12)14(18)17-10-8-16(7-6-15)9-11-17/h2-5H,7-11H2,1H3. The van der Waals surface area contributed by atoms with Crippen molar-refractivity contribution in [1.29, 1.82) is 5.26 Å². The fourth-order valence-electron chi connectivity index (χ4n) is 2.19. The van der Waals surface area contributed by atoms with Crippen LogP contribution in [0.2, 0.25) is 0 Å². The van der Waals surface area contributed by atoms with Crippen molar-refractivity contribution in [2.45, 2.75) is 6.92 Å². The second-order valence-electron chi connectivity index (χ2n) is 4.54. The van der Waals surface area contributed by atoms with Crippen LogP contribution in [-0.2, 0) is 0 Å². The summed E-state index contributed by atoms with van der Waals surface area (Å²) in [6, 6.07) is 9.81. The molecule has 0 unspecified atom stereocenters. The Morgan fingerprint density at radius 3 is 2.56 bits per heavy atom.